The van der Waals surface area contributed by atoms with Gasteiger partial charge in [0, 0.05) is 28.5 Å². The third-order valence-corrected chi connectivity index (χ3v) is 2.93. The van der Waals surface area contributed by atoms with Crippen molar-refractivity contribution in [3.63, 3.8) is 0 Å². The molecule has 0 bridgehead atoms. The van der Waals surface area contributed by atoms with E-state index in [9.17, 15) is 0 Å². The summed E-state index contributed by atoms with van der Waals surface area (Å²) in [5.74, 6) is 0. The molecule has 3 heteroatoms. The first-order valence-corrected chi connectivity index (χ1v) is 5.49. The fraction of sp³-hybridized carbons (Fsp3) is 0.0833. The fourth-order valence-electron chi connectivity index (χ4n) is 1.43. The van der Waals surface area contributed by atoms with Gasteiger partial charge in [-0.3, -0.25) is 4.98 Å². The number of aromatic nitrogens is 1. The molecular weight excluding hydrogens is 252 g/mol. The van der Waals surface area contributed by atoms with Crippen LogP contribution in [0.5, 0.6) is 0 Å². The molecule has 15 heavy (non-hydrogen) atoms. The SMILES string of the molecule is Nc1c(Br)cccc1Cc1ccccn1. The number of nitrogens with zero attached hydrogens (tertiary/aromatic N) is 1. The summed E-state index contributed by atoms with van der Waals surface area (Å²) in [5, 5.41) is 0. The van der Waals surface area contributed by atoms with Gasteiger partial charge in [0.25, 0.3) is 0 Å². The van der Waals surface area contributed by atoms with E-state index in [1.807, 2.05) is 36.4 Å². The Kier molecular flexibility index (Phi) is 3.02. The third-order valence-electron chi connectivity index (χ3n) is 2.24. The Morgan fingerprint density at radius 3 is 2.73 bits per heavy atom. The molecule has 0 radical (unpaired) electrons. The van der Waals surface area contributed by atoms with Crippen LogP contribution in [0.1, 0.15) is 11.3 Å². The van der Waals surface area contributed by atoms with Gasteiger partial charge in [0.05, 0.1) is 0 Å². The van der Waals surface area contributed by atoms with E-state index in [1.165, 1.54) is 0 Å². The van der Waals surface area contributed by atoms with E-state index in [0.717, 1.165) is 27.8 Å². The number of rotatable bonds is 2. The number of pyridine rings is 1. The van der Waals surface area contributed by atoms with Gasteiger partial charge < -0.3 is 5.73 Å². The summed E-state index contributed by atoms with van der Waals surface area (Å²) in [6.07, 6.45) is 2.57. The number of hydrogen-bond donors (Lipinski definition) is 1. The summed E-state index contributed by atoms with van der Waals surface area (Å²) in [6.45, 7) is 0. The highest BCUT2D eigenvalue weighted by molar-refractivity contribution is 9.10. The zero-order chi connectivity index (χ0) is 10.7. The van der Waals surface area contributed by atoms with Crippen LogP contribution >= 0.6 is 15.9 Å². The molecule has 76 valence electrons. The quantitative estimate of drug-likeness (QED) is 0.846. The highest BCUT2D eigenvalue weighted by Gasteiger charge is 2.03. The smallest absolute Gasteiger partial charge is 0.0495 e. The minimum Gasteiger partial charge on any atom is -0.398 e. The Morgan fingerprint density at radius 1 is 1.13 bits per heavy atom. The van der Waals surface area contributed by atoms with Crippen molar-refractivity contribution in [1.82, 2.24) is 4.98 Å². The Bertz CT molecular complexity index is 454. The largest absolute Gasteiger partial charge is 0.398 e. The van der Waals surface area contributed by atoms with Crippen molar-refractivity contribution < 1.29 is 0 Å². The van der Waals surface area contributed by atoms with Gasteiger partial charge in [0.15, 0.2) is 0 Å². The van der Waals surface area contributed by atoms with Crippen molar-refractivity contribution in [2.45, 2.75) is 6.42 Å². The monoisotopic (exact) mass is 262 g/mol. The first kappa shape index (κ1) is 10.2. The molecule has 0 aliphatic heterocycles. The van der Waals surface area contributed by atoms with E-state index >= 15 is 0 Å². The number of para-hydroxylation sites is 1. The lowest BCUT2D eigenvalue weighted by atomic mass is 10.1. The number of nitrogens with two attached hydrogens (primary N) is 1. The number of halogens is 1. The van der Waals surface area contributed by atoms with Crippen molar-refractivity contribution in [2.75, 3.05) is 5.73 Å². The molecule has 1 aromatic carbocycles. The molecule has 2 rings (SSSR count). The second kappa shape index (κ2) is 4.45. The van der Waals surface area contributed by atoms with Gasteiger partial charge in [0.1, 0.15) is 0 Å². The summed E-state index contributed by atoms with van der Waals surface area (Å²) in [7, 11) is 0. The average molecular weight is 263 g/mol. The molecule has 0 unspecified atom stereocenters. The zero-order valence-corrected chi connectivity index (χ0v) is 9.74. The molecule has 0 spiro atoms. The number of nitrogen functional groups attached to an aromatic ring is 1. The Morgan fingerprint density at radius 2 is 2.00 bits per heavy atom. The number of hydrogen-bond acceptors (Lipinski definition) is 2. The molecular formula is C12H11BrN2. The van der Waals surface area contributed by atoms with E-state index in [2.05, 4.69) is 20.9 Å². The zero-order valence-electron chi connectivity index (χ0n) is 8.15. The molecule has 0 fully saturated rings. The van der Waals surface area contributed by atoms with Crippen LogP contribution in [-0.4, -0.2) is 4.98 Å². The molecule has 1 aromatic heterocycles. The molecule has 0 atom stereocenters. The van der Waals surface area contributed by atoms with E-state index in [0.29, 0.717) is 0 Å². The maximum atomic E-state index is 5.96. The third kappa shape index (κ3) is 2.36. The molecule has 0 saturated carbocycles. The van der Waals surface area contributed by atoms with Gasteiger partial charge in [-0.25, -0.2) is 0 Å². The predicted octanol–water partition coefficient (Wildman–Crippen LogP) is 3.02. The Balaban J connectivity index is 2.29. The molecule has 0 aliphatic rings. The van der Waals surface area contributed by atoms with Crippen molar-refractivity contribution in [3.8, 4) is 0 Å². The molecule has 2 N–H and O–H groups in total. The van der Waals surface area contributed by atoms with Gasteiger partial charge in [0.2, 0.25) is 0 Å². The van der Waals surface area contributed by atoms with Crippen LogP contribution in [0.15, 0.2) is 47.1 Å². The van der Waals surface area contributed by atoms with Crippen LogP contribution in [0.2, 0.25) is 0 Å². The van der Waals surface area contributed by atoms with Crippen LogP contribution in [0.4, 0.5) is 5.69 Å². The van der Waals surface area contributed by atoms with Crippen molar-refractivity contribution in [3.05, 3.63) is 58.3 Å². The van der Waals surface area contributed by atoms with Gasteiger partial charge in [-0.2, -0.15) is 0 Å². The first-order valence-electron chi connectivity index (χ1n) is 4.70. The number of benzene rings is 1. The molecule has 0 saturated heterocycles. The predicted molar refractivity (Wildman–Crippen MR) is 65.6 cm³/mol. The average Bonchev–Trinajstić information content (AvgIpc) is 2.26. The summed E-state index contributed by atoms with van der Waals surface area (Å²) in [6, 6.07) is 11.8. The lowest BCUT2D eigenvalue weighted by Crippen LogP contribution is -1.97. The normalized spacial score (nSPS) is 10.2. The second-order valence-electron chi connectivity index (χ2n) is 3.31. The topological polar surface area (TPSA) is 38.9 Å². The highest BCUT2D eigenvalue weighted by atomic mass is 79.9. The van der Waals surface area contributed by atoms with Crippen molar-refractivity contribution in [2.24, 2.45) is 0 Å². The van der Waals surface area contributed by atoms with Gasteiger partial charge in [-0.1, -0.05) is 18.2 Å². The van der Waals surface area contributed by atoms with E-state index in [-0.39, 0.29) is 0 Å². The van der Waals surface area contributed by atoms with E-state index in [1.54, 1.807) is 6.20 Å². The lowest BCUT2D eigenvalue weighted by Gasteiger charge is -2.06. The summed E-state index contributed by atoms with van der Waals surface area (Å²) < 4.78 is 0.941. The summed E-state index contributed by atoms with van der Waals surface area (Å²) >= 11 is 3.41. The second-order valence-corrected chi connectivity index (χ2v) is 4.16. The fourth-order valence-corrected chi connectivity index (χ4v) is 1.84. The van der Waals surface area contributed by atoms with Crippen molar-refractivity contribution >= 4 is 21.6 Å². The summed E-state index contributed by atoms with van der Waals surface area (Å²) in [5.41, 5.74) is 8.88. The van der Waals surface area contributed by atoms with Crippen LogP contribution in [0, 0.1) is 0 Å². The van der Waals surface area contributed by atoms with Crippen LogP contribution in [-0.2, 0) is 6.42 Å². The Labute approximate surface area is 97.3 Å². The first-order chi connectivity index (χ1) is 7.27. The molecule has 0 amide bonds. The van der Waals surface area contributed by atoms with Gasteiger partial charge in [-0.05, 0) is 39.7 Å². The van der Waals surface area contributed by atoms with Crippen LogP contribution in [0.25, 0.3) is 0 Å². The van der Waals surface area contributed by atoms with Crippen molar-refractivity contribution in [1.29, 1.82) is 0 Å². The molecule has 0 aliphatic carbocycles. The van der Waals surface area contributed by atoms with Gasteiger partial charge in [-0.15, -0.1) is 0 Å². The van der Waals surface area contributed by atoms with Crippen LogP contribution < -0.4 is 5.73 Å². The molecule has 1 heterocycles. The minimum atomic E-state index is 0.770. The highest BCUT2D eigenvalue weighted by Crippen LogP contribution is 2.24. The lowest BCUT2D eigenvalue weighted by molar-refractivity contribution is 1.08. The standard InChI is InChI=1S/C12H11BrN2/c13-11-6-3-4-9(12(11)14)8-10-5-1-2-7-15-10/h1-7H,8,14H2. The number of anilines is 1. The maximum absolute atomic E-state index is 5.96. The molecule has 2 nitrogen and oxygen atoms in total. The van der Waals surface area contributed by atoms with E-state index < -0.39 is 0 Å². The summed E-state index contributed by atoms with van der Waals surface area (Å²) in [4.78, 5) is 4.27. The van der Waals surface area contributed by atoms with Gasteiger partial charge >= 0.3 is 0 Å². The maximum Gasteiger partial charge on any atom is 0.0495 e. The molecule has 2 aromatic rings. The van der Waals surface area contributed by atoms with Crippen LogP contribution in [0.3, 0.4) is 0 Å². The minimum absolute atomic E-state index is 0.770. The Hall–Kier alpha value is -1.35. The van der Waals surface area contributed by atoms with E-state index in [4.69, 9.17) is 5.73 Å².